The highest BCUT2D eigenvalue weighted by Gasteiger charge is 2.23. The summed E-state index contributed by atoms with van der Waals surface area (Å²) in [5.41, 5.74) is 8.23. The number of piperidine rings is 1. The van der Waals surface area contributed by atoms with Crippen molar-refractivity contribution in [2.24, 2.45) is 5.73 Å². The van der Waals surface area contributed by atoms with Crippen LogP contribution in [0.1, 0.15) is 43.4 Å². The highest BCUT2D eigenvalue weighted by atomic mass is 16.5. The molecule has 3 nitrogen and oxygen atoms in total. The van der Waals surface area contributed by atoms with E-state index in [1.807, 2.05) is 0 Å². The Bertz CT molecular complexity index is 382. The molecule has 1 saturated heterocycles. The van der Waals surface area contributed by atoms with Gasteiger partial charge in [0.25, 0.3) is 0 Å². The molecule has 1 aromatic rings. The van der Waals surface area contributed by atoms with Gasteiger partial charge in [0.05, 0.1) is 6.10 Å². The van der Waals surface area contributed by atoms with E-state index < -0.39 is 0 Å². The minimum absolute atomic E-state index is 0.433. The van der Waals surface area contributed by atoms with Gasteiger partial charge in [-0.15, -0.1) is 0 Å². The SMILES string of the molecule is Cc1ccc(C(C)N2CCC(OCCCN)CC2)cc1. The molecule has 3 heteroatoms. The molecule has 20 heavy (non-hydrogen) atoms. The van der Waals surface area contributed by atoms with Crippen LogP contribution in [0.25, 0.3) is 0 Å². The number of rotatable bonds is 6. The Morgan fingerprint density at radius 2 is 1.90 bits per heavy atom. The summed E-state index contributed by atoms with van der Waals surface area (Å²) in [6.07, 6.45) is 3.68. The Labute approximate surface area is 123 Å². The normalized spacial score (nSPS) is 19.1. The zero-order chi connectivity index (χ0) is 14.4. The van der Waals surface area contributed by atoms with Crippen molar-refractivity contribution in [2.45, 2.75) is 45.3 Å². The molecular weight excluding hydrogens is 248 g/mol. The molecule has 1 fully saturated rings. The van der Waals surface area contributed by atoms with E-state index in [9.17, 15) is 0 Å². The molecule has 0 radical (unpaired) electrons. The predicted molar refractivity (Wildman–Crippen MR) is 83.8 cm³/mol. The van der Waals surface area contributed by atoms with Crippen LogP contribution in [0.3, 0.4) is 0 Å². The lowest BCUT2D eigenvalue weighted by atomic mass is 10.0. The largest absolute Gasteiger partial charge is 0.378 e. The maximum atomic E-state index is 5.87. The molecule has 1 aliphatic rings. The van der Waals surface area contributed by atoms with Crippen LogP contribution in [-0.2, 0) is 4.74 Å². The molecule has 0 aromatic heterocycles. The third kappa shape index (κ3) is 4.30. The zero-order valence-electron chi connectivity index (χ0n) is 12.8. The van der Waals surface area contributed by atoms with Crippen LogP contribution in [0.5, 0.6) is 0 Å². The standard InChI is InChI=1S/C17H28N2O/c1-14-4-6-16(7-5-14)15(2)19-11-8-17(9-12-19)20-13-3-10-18/h4-7,15,17H,3,8-13,18H2,1-2H3. The lowest BCUT2D eigenvalue weighted by molar-refractivity contribution is -0.000747. The molecule has 0 spiro atoms. The van der Waals surface area contributed by atoms with Crippen LogP contribution in [-0.4, -0.2) is 37.2 Å². The molecule has 0 saturated carbocycles. The number of nitrogens with zero attached hydrogens (tertiary/aromatic N) is 1. The first-order chi connectivity index (χ1) is 9.70. The third-order valence-corrected chi connectivity index (χ3v) is 4.29. The van der Waals surface area contributed by atoms with Crippen LogP contribution in [0.4, 0.5) is 0 Å². The number of ether oxygens (including phenoxy) is 1. The Hall–Kier alpha value is -0.900. The summed E-state index contributed by atoms with van der Waals surface area (Å²) < 4.78 is 5.87. The summed E-state index contributed by atoms with van der Waals surface area (Å²) in [7, 11) is 0. The van der Waals surface area contributed by atoms with Gasteiger partial charge in [0.15, 0.2) is 0 Å². The third-order valence-electron chi connectivity index (χ3n) is 4.29. The Balaban J connectivity index is 1.79. The van der Waals surface area contributed by atoms with Crippen molar-refractivity contribution >= 4 is 0 Å². The number of likely N-dealkylation sites (tertiary alicyclic amines) is 1. The fraction of sp³-hybridized carbons (Fsp3) is 0.647. The second-order valence-corrected chi connectivity index (χ2v) is 5.84. The van der Waals surface area contributed by atoms with E-state index >= 15 is 0 Å². The minimum Gasteiger partial charge on any atom is -0.378 e. The van der Waals surface area contributed by atoms with Crippen LogP contribution >= 0.6 is 0 Å². The van der Waals surface area contributed by atoms with Gasteiger partial charge >= 0.3 is 0 Å². The van der Waals surface area contributed by atoms with Crippen LogP contribution in [0.2, 0.25) is 0 Å². The summed E-state index contributed by atoms with van der Waals surface area (Å²) in [5.74, 6) is 0. The molecule has 0 bridgehead atoms. The average molecular weight is 276 g/mol. The van der Waals surface area contributed by atoms with Crippen LogP contribution in [0, 0.1) is 6.92 Å². The quantitative estimate of drug-likeness (QED) is 0.812. The van der Waals surface area contributed by atoms with Gasteiger partial charge in [-0.2, -0.15) is 0 Å². The van der Waals surface area contributed by atoms with E-state index in [0.29, 0.717) is 12.1 Å². The van der Waals surface area contributed by atoms with Crippen LogP contribution in [0.15, 0.2) is 24.3 Å². The van der Waals surface area contributed by atoms with Gasteiger partial charge in [0.2, 0.25) is 0 Å². The van der Waals surface area contributed by atoms with Crippen molar-refractivity contribution in [1.82, 2.24) is 4.90 Å². The highest BCUT2D eigenvalue weighted by molar-refractivity contribution is 5.23. The number of aryl methyl sites for hydroxylation is 1. The fourth-order valence-electron chi connectivity index (χ4n) is 2.82. The monoisotopic (exact) mass is 276 g/mol. The Morgan fingerprint density at radius 3 is 2.50 bits per heavy atom. The molecule has 1 aliphatic heterocycles. The van der Waals surface area contributed by atoms with E-state index in [2.05, 4.69) is 43.0 Å². The number of benzene rings is 1. The van der Waals surface area contributed by atoms with E-state index in [-0.39, 0.29) is 0 Å². The zero-order valence-corrected chi connectivity index (χ0v) is 12.8. The average Bonchev–Trinajstić information content (AvgIpc) is 2.48. The molecule has 0 aliphatic carbocycles. The van der Waals surface area contributed by atoms with Gasteiger partial charge in [-0.05, 0) is 45.2 Å². The second kappa shape index (κ2) is 7.77. The molecule has 1 unspecified atom stereocenters. The maximum Gasteiger partial charge on any atom is 0.0599 e. The first-order valence-corrected chi connectivity index (χ1v) is 7.83. The molecule has 2 rings (SSSR count). The first kappa shape index (κ1) is 15.5. The molecule has 1 atom stereocenters. The fourth-order valence-corrected chi connectivity index (χ4v) is 2.82. The van der Waals surface area contributed by atoms with Gasteiger partial charge in [-0.25, -0.2) is 0 Å². The molecule has 2 N–H and O–H groups in total. The number of hydrogen-bond acceptors (Lipinski definition) is 3. The van der Waals surface area contributed by atoms with Gasteiger partial charge < -0.3 is 10.5 Å². The van der Waals surface area contributed by atoms with Crippen molar-refractivity contribution in [3.05, 3.63) is 35.4 Å². The topological polar surface area (TPSA) is 38.5 Å². The maximum absolute atomic E-state index is 5.87. The van der Waals surface area contributed by atoms with Crippen molar-refractivity contribution in [3.63, 3.8) is 0 Å². The van der Waals surface area contributed by atoms with Gasteiger partial charge in [0.1, 0.15) is 0 Å². The molecule has 112 valence electrons. The lowest BCUT2D eigenvalue weighted by Gasteiger charge is -2.36. The molecule has 1 heterocycles. The molecular formula is C17H28N2O. The Kier molecular flexibility index (Phi) is 6.02. The van der Waals surface area contributed by atoms with Crippen LogP contribution < -0.4 is 5.73 Å². The first-order valence-electron chi connectivity index (χ1n) is 7.83. The smallest absolute Gasteiger partial charge is 0.0599 e. The van der Waals surface area contributed by atoms with Crippen molar-refractivity contribution < 1.29 is 4.74 Å². The van der Waals surface area contributed by atoms with Gasteiger partial charge in [0, 0.05) is 25.7 Å². The molecule has 0 amide bonds. The Morgan fingerprint density at radius 1 is 1.25 bits per heavy atom. The van der Waals surface area contributed by atoms with Gasteiger partial charge in [-0.1, -0.05) is 29.8 Å². The van der Waals surface area contributed by atoms with Crippen molar-refractivity contribution in [2.75, 3.05) is 26.2 Å². The van der Waals surface area contributed by atoms with E-state index in [1.165, 1.54) is 11.1 Å². The number of hydrogen-bond donors (Lipinski definition) is 1. The number of nitrogens with two attached hydrogens (primary N) is 1. The summed E-state index contributed by atoms with van der Waals surface area (Å²) >= 11 is 0. The summed E-state index contributed by atoms with van der Waals surface area (Å²) in [6.45, 7) is 8.24. The predicted octanol–water partition coefficient (Wildman–Crippen LogP) is 2.89. The summed E-state index contributed by atoms with van der Waals surface area (Å²) in [4.78, 5) is 2.56. The summed E-state index contributed by atoms with van der Waals surface area (Å²) in [6, 6.07) is 9.41. The highest BCUT2D eigenvalue weighted by Crippen LogP contribution is 2.25. The minimum atomic E-state index is 0.433. The van der Waals surface area contributed by atoms with Crippen molar-refractivity contribution in [3.8, 4) is 0 Å². The van der Waals surface area contributed by atoms with E-state index in [1.54, 1.807) is 0 Å². The second-order valence-electron chi connectivity index (χ2n) is 5.84. The van der Waals surface area contributed by atoms with E-state index in [4.69, 9.17) is 10.5 Å². The lowest BCUT2D eigenvalue weighted by Crippen LogP contribution is -2.38. The van der Waals surface area contributed by atoms with E-state index in [0.717, 1.165) is 45.5 Å². The summed E-state index contributed by atoms with van der Waals surface area (Å²) in [5, 5.41) is 0. The van der Waals surface area contributed by atoms with Crippen molar-refractivity contribution in [1.29, 1.82) is 0 Å². The van der Waals surface area contributed by atoms with Gasteiger partial charge in [-0.3, -0.25) is 4.90 Å². The molecule has 1 aromatic carbocycles.